The molecule has 3 aromatic rings. The van der Waals surface area contributed by atoms with Crippen molar-refractivity contribution >= 4 is 35.2 Å². The van der Waals surface area contributed by atoms with Gasteiger partial charge < -0.3 is 36.2 Å². The summed E-state index contributed by atoms with van der Waals surface area (Å²) >= 11 is 1.34. The Bertz CT molecular complexity index is 1460. The van der Waals surface area contributed by atoms with Gasteiger partial charge in [-0.05, 0) is 36.0 Å². The van der Waals surface area contributed by atoms with Gasteiger partial charge in [0.2, 0.25) is 17.7 Å². The van der Waals surface area contributed by atoms with Crippen molar-refractivity contribution in [2.45, 2.75) is 96.7 Å². The van der Waals surface area contributed by atoms with E-state index in [2.05, 4.69) is 31.2 Å². The summed E-state index contributed by atoms with van der Waals surface area (Å²) in [7, 11) is 0. The fourth-order valence-corrected chi connectivity index (χ4v) is 5.80. The third kappa shape index (κ3) is 13.8. The number of pyridine rings is 1. The Balaban J connectivity index is 1.77. The van der Waals surface area contributed by atoms with E-state index in [0.29, 0.717) is 17.8 Å². The van der Waals surface area contributed by atoms with Gasteiger partial charge in [0, 0.05) is 30.1 Å². The maximum Gasteiger partial charge on any atom is 0.408 e. The molecule has 0 spiro atoms. The Morgan fingerprint density at radius 2 is 1.52 bits per heavy atom. The summed E-state index contributed by atoms with van der Waals surface area (Å²) < 4.78 is 5.37. The van der Waals surface area contributed by atoms with Gasteiger partial charge in [0.15, 0.2) is 0 Å². The molecule has 3 rings (SSSR count). The van der Waals surface area contributed by atoms with Crippen molar-refractivity contribution in [1.29, 1.82) is 0 Å². The maximum atomic E-state index is 13.9. The molecule has 0 bridgehead atoms. The van der Waals surface area contributed by atoms with E-state index in [1.165, 1.54) is 11.3 Å². The number of hydrogen-bond acceptors (Lipinski definition) is 10. The molecule has 6 atom stereocenters. The predicted molar refractivity (Wildman–Crippen MR) is 190 cm³/mol. The lowest BCUT2D eigenvalue weighted by Crippen LogP contribution is -2.57. The van der Waals surface area contributed by atoms with E-state index in [0.717, 1.165) is 12.0 Å². The number of benzene rings is 1. The fourth-order valence-electron chi connectivity index (χ4n) is 5.23. The maximum absolute atomic E-state index is 13.9. The van der Waals surface area contributed by atoms with Crippen LogP contribution in [0.25, 0.3) is 0 Å². The molecular formula is C36H50N6O7S. The molecule has 1 unspecified atom stereocenters. The van der Waals surface area contributed by atoms with Gasteiger partial charge in [0.25, 0.3) is 0 Å². The first-order valence-electron chi connectivity index (χ1n) is 16.9. The van der Waals surface area contributed by atoms with Crippen LogP contribution in [0.2, 0.25) is 0 Å². The molecule has 0 aliphatic carbocycles. The third-order valence-electron chi connectivity index (χ3n) is 8.28. The molecular weight excluding hydrogens is 660 g/mol. The number of aliphatic hydroxyl groups is 2. The number of ether oxygens (including phenoxy) is 1. The van der Waals surface area contributed by atoms with Crippen molar-refractivity contribution in [3.8, 4) is 0 Å². The highest BCUT2D eigenvalue weighted by molar-refractivity contribution is 7.07. The van der Waals surface area contributed by atoms with Crippen LogP contribution in [-0.4, -0.2) is 80.9 Å². The summed E-state index contributed by atoms with van der Waals surface area (Å²) in [6.07, 6.45) is 0.372. The Labute approximate surface area is 297 Å². The molecule has 4 amide bonds. The largest absolute Gasteiger partial charge is 0.445 e. The van der Waals surface area contributed by atoms with Gasteiger partial charge in [-0.3, -0.25) is 19.4 Å². The minimum absolute atomic E-state index is 0.00463. The summed E-state index contributed by atoms with van der Waals surface area (Å²) in [4.78, 5) is 62.0. The van der Waals surface area contributed by atoms with Crippen molar-refractivity contribution in [2.24, 2.45) is 11.8 Å². The van der Waals surface area contributed by atoms with Gasteiger partial charge >= 0.3 is 6.09 Å². The number of aliphatic hydroxyl groups excluding tert-OH is 2. The van der Waals surface area contributed by atoms with E-state index in [-0.39, 0.29) is 44.3 Å². The summed E-state index contributed by atoms with van der Waals surface area (Å²) in [5, 5.41) is 33.7. The van der Waals surface area contributed by atoms with E-state index < -0.39 is 54.1 Å². The van der Waals surface area contributed by atoms with Gasteiger partial charge in [-0.1, -0.05) is 70.5 Å². The lowest BCUT2D eigenvalue weighted by atomic mass is 9.95. The van der Waals surface area contributed by atoms with Gasteiger partial charge in [-0.25, -0.2) is 9.78 Å². The number of hydrogen-bond donors (Lipinski definition) is 6. The molecule has 14 heteroatoms. The Morgan fingerprint density at radius 1 is 0.840 bits per heavy atom. The van der Waals surface area contributed by atoms with Crippen molar-refractivity contribution in [2.75, 3.05) is 6.61 Å². The van der Waals surface area contributed by atoms with E-state index in [9.17, 15) is 29.4 Å². The first-order chi connectivity index (χ1) is 24.0. The molecule has 2 heterocycles. The molecule has 6 N–H and O–H groups in total. The number of thiazole rings is 1. The highest BCUT2D eigenvalue weighted by Gasteiger charge is 2.32. The molecule has 0 aliphatic rings. The van der Waals surface area contributed by atoms with Crippen LogP contribution in [-0.2, 0) is 38.6 Å². The number of carbonyl (C=O) groups is 4. The van der Waals surface area contributed by atoms with E-state index in [4.69, 9.17) is 4.74 Å². The SMILES string of the molecule is CC[C@H](C)[C@@H](CO)NC(=O)C[C@H](O)[C@H](CC(C)C)NC(=O)C(Cc1cscn1)NC(=O)[C@H](Cc1ccccn1)NC(=O)OCc1ccccc1. The van der Waals surface area contributed by atoms with Gasteiger partial charge in [0.05, 0.1) is 42.4 Å². The number of amides is 4. The minimum atomic E-state index is -1.24. The molecule has 0 fully saturated rings. The Kier molecular flexibility index (Phi) is 16.8. The van der Waals surface area contributed by atoms with Crippen LogP contribution < -0.4 is 21.3 Å². The molecule has 0 saturated heterocycles. The van der Waals surface area contributed by atoms with Crippen molar-refractivity contribution in [1.82, 2.24) is 31.2 Å². The first-order valence-corrected chi connectivity index (χ1v) is 17.9. The van der Waals surface area contributed by atoms with Crippen LogP contribution in [0, 0.1) is 11.8 Å². The first kappa shape index (κ1) is 40.0. The third-order valence-corrected chi connectivity index (χ3v) is 8.91. The van der Waals surface area contributed by atoms with Crippen LogP contribution in [0.4, 0.5) is 4.79 Å². The zero-order valence-electron chi connectivity index (χ0n) is 29.1. The zero-order valence-corrected chi connectivity index (χ0v) is 29.9. The molecule has 13 nitrogen and oxygen atoms in total. The summed E-state index contributed by atoms with van der Waals surface area (Å²) in [6, 6.07) is 10.7. The molecule has 50 heavy (non-hydrogen) atoms. The zero-order chi connectivity index (χ0) is 36.5. The highest BCUT2D eigenvalue weighted by atomic mass is 32.1. The van der Waals surface area contributed by atoms with Crippen LogP contribution in [0.5, 0.6) is 0 Å². The lowest BCUT2D eigenvalue weighted by molar-refractivity contribution is -0.131. The van der Waals surface area contributed by atoms with Gasteiger partial charge in [-0.15, -0.1) is 11.3 Å². The minimum Gasteiger partial charge on any atom is -0.445 e. The van der Waals surface area contributed by atoms with Crippen LogP contribution >= 0.6 is 11.3 Å². The summed E-state index contributed by atoms with van der Waals surface area (Å²) in [5.41, 5.74) is 3.48. The average Bonchev–Trinajstić information content (AvgIpc) is 3.62. The molecule has 2 aromatic heterocycles. The second-order valence-corrected chi connectivity index (χ2v) is 13.5. The smallest absolute Gasteiger partial charge is 0.408 e. The van der Waals surface area contributed by atoms with Crippen molar-refractivity contribution in [3.05, 3.63) is 82.6 Å². The number of rotatable bonds is 20. The Morgan fingerprint density at radius 3 is 2.14 bits per heavy atom. The number of carbonyl (C=O) groups excluding carboxylic acids is 4. The number of nitrogens with zero attached hydrogens (tertiary/aromatic N) is 2. The van der Waals surface area contributed by atoms with Crippen molar-refractivity contribution in [3.63, 3.8) is 0 Å². The Hall–Kier alpha value is -4.40. The fraction of sp³-hybridized carbons (Fsp3) is 0.500. The standard InChI is InChI=1S/C36H50N6O7S/c1-5-24(4)31(19-43)39-33(45)18-32(44)28(15-23(2)3)40-34(46)29(17-27-21-50-22-38-27)41-35(47)30(16-26-13-9-10-14-37-26)42-36(48)49-20-25-11-7-6-8-12-25/h6-14,21-24,28-32,43-44H,5,15-20H2,1-4H3,(H,39,45)(H,40,46)(H,41,47)(H,42,48)/t24-,28-,29?,30-,31+,32-/m0/s1. The van der Waals surface area contributed by atoms with Gasteiger partial charge in [-0.2, -0.15) is 0 Å². The highest BCUT2D eigenvalue weighted by Crippen LogP contribution is 2.14. The quantitative estimate of drug-likeness (QED) is 0.102. The monoisotopic (exact) mass is 710 g/mol. The molecule has 0 saturated carbocycles. The summed E-state index contributed by atoms with van der Waals surface area (Å²) in [6.45, 7) is 7.49. The van der Waals surface area contributed by atoms with Crippen molar-refractivity contribution < 1.29 is 34.1 Å². The number of aromatic nitrogens is 2. The van der Waals surface area contributed by atoms with E-state index in [1.807, 2.05) is 58.0 Å². The van der Waals surface area contributed by atoms with Crippen LogP contribution in [0.1, 0.15) is 63.9 Å². The van der Waals surface area contributed by atoms with E-state index >= 15 is 0 Å². The number of nitrogens with one attached hydrogen (secondary N) is 4. The molecule has 0 radical (unpaired) electrons. The van der Waals surface area contributed by atoms with E-state index in [1.54, 1.807) is 35.3 Å². The predicted octanol–water partition coefficient (Wildman–Crippen LogP) is 2.91. The topological polar surface area (TPSA) is 192 Å². The molecule has 0 aliphatic heterocycles. The lowest BCUT2D eigenvalue weighted by Gasteiger charge is -2.29. The summed E-state index contributed by atoms with van der Waals surface area (Å²) in [5.74, 6) is -1.61. The van der Waals surface area contributed by atoms with Crippen LogP contribution in [0.3, 0.4) is 0 Å². The second kappa shape index (κ2) is 21.0. The molecule has 1 aromatic carbocycles. The van der Waals surface area contributed by atoms with Crippen LogP contribution in [0.15, 0.2) is 65.6 Å². The second-order valence-electron chi connectivity index (χ2n) is 12.8. The normalized spacial score (nSPS) is 14.8. The molecule has 272 valence electrons. The van der Waals surface area contributed by atoms with Gasteiger partial charge in [0.1, 0.15) is 18.7 Å². The number of alkyl carbamates (subject to hydrolysis) is 1. The average molecular weight is 711 g/mol.